The summed E-state index contributed by atoms with van der Waals surface area (Å²) in [6, 6.07) is 7.12. The zero-order chi connectivity index (χ0) is 18.2. The predicted molar refractivity (Wildman–Crippen MR) is 96.8 cm³/mol. The van der Waals surface area contributed by atoms with E-state index in [2.05, 4.69) is 25.1 Å². The van der Waals surface area contributed by atoms with Gasteiger partial charge >= 0.3 is 0 Å². The van der Waals surface area contributed by atoms with Crippen LogP contribution in [-0.4, -0.2) is 42.9 Å². The first-order chi connectivity index (χ1) is 13.2. The fourth-order valence-corrected chi connectivity index (χ4v) is 3.45. The largest absolute Gasteiger partial charge is 0.339 e. The van der Waals surface area contributed by atoms with Gasteiger partial charge in [0.05, 0.1) is 18.8 Å². The van der Waals surface area contributed by atoms with Crippen molar-refractivity contribution in [2.75, 3.05) is 13.1 Å². The Morgan fingerprint density at radius 1 is 1.11 bits per heavy atom. The van der Waals surface area contributed by atoms with E-state index in [1.165, 1.54) is 0 Å². The van der Waals surface area contributed by atoms with Crippen molar-refractivity contribution < 1.29 is 4.52 Å². The average Bonchev–Trinajstić information content (AvgIpc) is 3.41. The van der Waals surface area contributed by atoms with Gasteiger partial charge in [0, 0.05) is 48.9 Å². The molecule has 5 rings (SSSR count). The number of rotatable bonds is 6. The van der Waals surface area contributed by atoms with Crippen LogP contribution in [0.1, 0.15) is 30.5 Å². The van der Waals surface area contributed by atoms with Crippen LogP contribution in [0, 0.1) is 5.92 Å². The van der Waals surface area contributed by atoms with Crippen LogP contribution < -0.4 is 5.56 Å². The lowest BCUT2D eigenvalue weighted by Crippen LogP contribution is -2.49. The smallest absolute Gasteiger partial charge is 0.266 e. The number of likely N-dealkylation sites (tertiary alicyclic amines) is 1. The maximum absolute atomic E-state index is 12.2. The van der Waals surface area contributed by atoms with Gasteiger partial charge in [-0.15, -0.1) is 0 Å². The number of aromatic nitrogens is 5. The first-order valence-electron chi connectivity index (χ1n) is 9.28. The van der Waals surface area contributed by atoms with Crippen molar-refractivity contribution in [1.29, 1.82) is 0 Å². The molecule has 2 fully saturated rings. The molecule has 0 amide bonds. The standard InChI is InChI=1S/C19H20N6O2/c26-18-4-3-16(14-5-7-20-8-6-14)22-25(18)11-13-9-24(10-13)12-17-21-19(27-23-17)15-1-2-15/h3-8,13,15H,1-2,9-12H2. The molecule has 8 heteroatoms. The first-order valence-corrected chi connectivity index (χ1v) is 9.28. The highest BCUT2D eigenvalue weighted by molar-refractivity contribution is 5.56. The summed E-state index contributed by atoms with van der Waals surface area (Å²) in [5.74, 6) is 2.43. The summed E-state index contributed by atoms with van der Waals surface area (Å²) in [5, 5.41) is 8.59. The van der Waals surface area contributed by atoms with Gasteiger partial charge < -0.3 is 4.52 Å². The molecule has 1 aliphatic heterocycles. The van der Waals surface area contributed by atoms with E-state index in [9.17, 15) is 4.79 Å². The molecule has 27 heavy (non-hydrogen) atoms. The van der Waals surface area contributed by atoms with Crippen LogP contribution in [0.4, 0.5) is 0 Å². The van der Waals surface area contributed by atoms with E-state index >= 15 is 0 Å². The molecule has 1 saturated carbocycles. The molecule has 1 saturated heterocycles. The Bertz CT molecular complexity index is 989. The summed E-state index contributed by atoms with van der Waals surface area (Å²) in [5.41, 5.74) is 1.67. The van der Waals surface area contributed by atoms with Crippen LogP contribution >= 0.6 is 0 Å². The highest BCUT2D eigenvalue weighted by Gasteiger charge is 2.32. The highest BCUT2D eigenvalue weighted by Crippen LogP contribution is 2.38. The summed E-state index contributed by atoms with van der Waals surface area (Å²) in [7, 11) is 0. The molecule has 3 aromatic rings. The lowest BCUT2D eigenvalue weighted by atomic mass is 10.0. The van der Waals surface area contributed by atoms with Crippen LogP contribution in [-0.2, 0) is 13.1 Å². The molecule has 1 aliphatic carbocycles. The molecular formula is C19H20N6O2. The second kappa shape index (κ2) is 6.70. The molecule has 2 aliphatic rings. The molecule has 8 nitrogen and oxygen atoms in total. The Kier molecular flexibility index (Phi) is 4.05. The van der Waals surface area contributed by atoms with Gasteiger partial charge in [-0.05, 0) is 31.0 Å². The maximum Gasteiger partial charge on any atom is 0.266 e. The Labute approximate surface area is 155 Å². The van der Waals surface area contributed by atoms with E-state index in [-0.39, 0.29) is 5.56 Å². The van der Waals surface area contributed by atoms with E-state index in [0.717, 1.165) is 48.9 Å². The zero-order valence-electron chi connectivity index (χ0n) is 14.9. The predicted octanol–water partition coefficient (Wildman–Crippen LogP) is 1.70. The molecule has 0 atom stereocenters. The van der Waals surface area contributed by atoms with E-state index in [1.807, 2.05) is 12.1 Å². The molecule has 0 unspecified atom stereocenters. The van der Waals surface area contributed by atoms with Crippen molar-refractivity contribution in [3.63, 3.8) is 0 Å². The van der Waals surface area contributed by atoms with Gasteiger partial charge in [0.1, 0.15) is 0 Å². The fourth-order valence-electron chi connectivity index (χ4n) is 3.45. The molecular weight excluding hydrogens is 344 g/mol. The minimum absolute atomic E-state index is 0.0708. The highest BCUT2D eigenvalue weighted by atomic mass is 16.5. The van der Waals surface area contributed by atoms with Crippen molar-refractivity contribution in [3.8, 4) is 11.3 Å². The van der Waals surface area contributed by atoms with Gasteiger partial charge in [-0.1, -0.05) is 5.16 Å². The molecule has 0 radical (unpaired) electrons. The first kappa shape index (κ1) is 16.3. The van der Waals surface area contributed by atoms with Crippen LogP contribution in [0.5, 0.6) is 0 Å². The lowest BCUT2D eigenvalue weighted by Gasteiger charge is -2.38. The molecule has 4 heterocycles. The topological polar surface area (TPSA) is 89.9 Å². The third-order valence-electron chi connectivity index (χ3n) is 5.08. The number of hydrogen-bond donors (Lipinski definition) is 0. The number of hydrogen-bond acceptors (Lipinski definition) is 7. The molecule has 0 N–H and O–H groups in total. The summed E-state index contributed by atoms with van der Waals surface area (Å²) in [6.45, 7) is 3.13. The van der Waals surface area contributed by atoms with Crippen LogP contribution in [0.2, 0.25) is 0 Å². The van der Waals surface area contributed by atoms with Crippen molar-refractivity contribution in [1.82, 2.24) is 29.8 Å². The van der Waals surface area contributed by atoms with Crippen molar-refractivity contribution >= 4 is 0 Å². The van der Waals surface area contributed by atoms with Gasteiger partial charge in [-0.2, -0.15) is 10.1 Å². The quantitative estimate of drug-likeness (QED) is 0.657. The molecule has 138 valence electrons. The summed E-state index contributed by atoms with van der Waals surface area (Å²) in [6.07, 6.45) is 5.77. The van der Waals surface area contributed by atoms with Gasteiger partial charge in [-0.25, -0.2) is 4.68 Å². The third-order valence-corrected chi connectivity index (χ3v) is 5.08. The third kappa shape index (κ3) is 3.52. The van der Waals surface area contributed by atoms with E-state index in [0.29, 0.717) is 24.9 Å². The Morgan fingerprint density at radius 2 is 1.93 bits per heavy atom. The van der Waals surface area contributed by atoms with Crippen molar-refractivity contribution in [2.24, 2.45) is 5.92 Å². The van der Waals surface area contributed by atoms with E-state index < -0.39 is 0 Å². The van der Waals surface area contributed by atoms with E-state index in [4.69, 9.17) is 4.52 Å². The summed E-state index contributed by atoms with van der Waals surface area (Å²) < 4.78 is 6.87. The van der Waals surface area contributed by atoms with E-state index in [1.54, 1.807) is 29.2 Å². The second-order valence-corrected chi connectivity index (χ2v) is 7.36. The lowest BCUT2D eigenvalue weighted by molar-refractivity contribution is 0.0733. The average molecular weight is 364 g/mol. The Morgan fingerprint density at radius 3 is 2.70 bits per heavy atom. The van der Waals surface area contributed by atoms with Crippen LogP contribution in [0.3, 0.4) is 0 Å². The van der Waals surface area contributed by atoms with Gasteiger partial charge in [0.2, 0.25) is 5.89 Å². The minimum Gasteiger partial charge on any atom is -0.339 e. The Balaban J connectivity index is 1.20. The number of pyridine rings is 1. The van der Waals surface area contributed by atoms with Gasteiger partial charge in [-0.3, -0.25) is 14.7 Å². The van der Waals surface area contributed by atoms with Gasteiger partial charge in [0.25, 0.3) is 5.56 Å². The monoisotopic (exact) mass is 364 g/mol. The number of nitrogens with zero attached hydrogens (tertiary/aromatic N) is 6. The SMILES string of the molecule is O=c1ccc(-c2ccncc2)nn1CC1CN(Cc2noc(C3CC3)n2)C1. The zero-order valence-corrected chi connectivity index (χ0v) is 14.9. The molecule has 0 aromatic carbocycles. The minimum atomic E-state index is -0.0708. The van der Waals surface area contributed by atoms with Crippen molar-refractivity contribution in [3.05, 3.63) is 58.7 Å². The molecule has 0 spiro atoms. The summed E-state index contributed by atoms with van der Waals surface area (Å²) in [4.78, 5) is 22.9. The molecule has 0 bridgehead atoms. The van der Waals surface area contributed by atoms with Crippen molar-refractivity contribution in [2.45, 2.75) is 31.8 Å². The maximum atomic E-state index is 12.2. The summed E-state index contributed by atoms with van der Waals surface area (Å²) >= 11 is 0. The fraction of sp³-hybridized carbons (Fsp3) is 0.421. The van der Waals surface area contributed by atoms with Crippen LogP contribution in [0.25, 0.3) is 11.3 Å². The molecule has 3 aromatic heterocycles. The van der Waals surface area contributed by atoms with Gasteiger partial charge in [0.15, 0.2) is 5.82 Å². The normalized spacial score (nSPS) is 17.8. The second-order valence-electron chi connectivity index (χ2n) is 7.36. The Hall–Kier alpha value is -2.87. The van der Waals surface area contributed by atoms with Crippen LogP contribution in [0.15, 0.2) is 46.0 Å².